The fourth-order valence-electron chi connectivity index (χ4n) is 1.69. The maximum Gasteiger partial charge on any atom is 0.253 e. The Morgan fingerprint density at radius 3 is 2.71 bits per heavy atom. The van der Waals surface area contributed by atoms with Crippen molar-refractivity contribution in [2.75, 3.05) is 11.1 Å². The molecular formula is C13H12Cl2N4O2. The number of hydrogen-bond acceptors (Lipinski definition) is 4. The number of amides is 1. The molecule has 110 valence electrons. The van der Waals surface area contributed by atoms with Crippen LogP contribution in [0, 0.1) is 6.92 Å². The number of benzene rings is 1. The Balaban J connectivity index is 2.17. The lowest BCUT2D eigenvalue weighted by molar-refractivity contribution is -0.116. The minimum Gasteiger partial charge on any atom is -0.397 e. The van der Waals surface area contributed by atoms with Gasteiger partial charge in [-0.05, 0) is 19.1 Å². The maximum absolute atomic E-state index is 12.0. The normalized spacial score (nSPS) is 10.4. The fraction of sp³-hybridized carbons (Fsp3) is 0.154. The Labute approximate surface area is 130 Å². The van der Waals surface area contributed by atoms with Gasteiger partial charge in [0.1, 0.15) is 6.54 Å². The topological polar surface area (TPSA) is 90.0 Å². The summed E-state index contributed by atoms with van der Waals surface area (Å²) >= 11 is 11.8. The predicted molar refractivity (Wildman–Crippen MR) is 82.7 cm³/mol. The molecule has 0 bridgehead atoms. The zero-order chi connectivity index (χ0) is 15.6. The first kappa shape index (κ1) is 15.3. The lowest BCUT2D eigenvalue weighted by Crippen LogP contribution is -2.27. The van der Waals surface area contributed by atoms with Gasteiger partial charge in [-0.1, -0.05) is 23.2 Å². The zero-order valence-electron chi connectivity index (χ0n) is 11.1. The molecule has 0 unspecified atom stereocenters. The molecule has 0 aliphatic heterocycles. The van der Waals surface area contributed by atoms with E-state index >= 15 is 0 Å². The molecule has 8 heteroatoms. The molecule has 1 heterocycles. The second-order valence-electron chi connectivity index (χ2n) is 4.40. The molecule has 1 amide bonds. The molecule has 2 aromatic rings. The van der Waals surface area contributed by atoms with E-state index in [9.17, 15) is 9.59 Å². The monoisotopic (exact) mass is 326 g/mol. The van der Waals surface area contributed by atoms with Gasteiger partial charge in [0, 0.05) is 16.8 Å². The first-order valence-electron chi connectivity index (χ1n) is 5.94. The smallest absolute Gasteiger partial charge is 0.253 e. The third-order valence-electron chi connectivity index (χ3n) is 2.68. The van der Waals surface area contributed by atoms with Crippen LogP contribution in [0.2, 0.25) is 10.0 Å². The number of aromatic nitrogens is 2. The highest BCUT2D eigenvalue weighted by molar-refractivity contribution is 6.37. The van der Waals surface area contributed by atoms with E-state index in [1.807, 2.05) is 0 Å². The highest BCUT2D eigenvalue weighted by Crippen LogP contribution is 2.31. The Bertz CT molecular complexity index is 735. The van der Waals surface area contributed by atoms with Gasteiger partial charge in [-0.25, -0.2) is 4.98 Å². The van der Waals surface area contributed by atoms with E-state index in [1.54, 1.807) is 6.92 Å². The number of nitrogens with two attached hydrogens (primary N) is 1. The van der Waals surface area contributed by atoms with Crippen molar-refractivity contribution in [3.8, 4) is 0 Å². The fourth-order valence-corrected chi connectivity index (χ4v) is 2.25. The molecule has 0 atom stereocenters. The van der Waals surface area contributed by atoms with Gasteiger partial charge in [0.05, 0.1) is 22.7 Å². The third kappa shape index (κ3) is 3.74. The van der Waals surface area contributed by atoms with Crippen molar-refractivity contribution >= 4 is 40.5 Å². The van der Waals surface area contributed by atoms with Gasteiger partial charge in [-0.2, -0.15) is 0 Å². The highest BCUT2D eigenvalue weighted by atomic mass is 35.5. The number of anilines is 2. The molecule has 0 aliphatic carbocycles. The Morgan fingerprint density at radius 1 is 1.38 bits per heavy atom. The number of rotatable bonds is 3. The summed E-state index contributed by atoms with van der Waals surface area (Å²) in [5.74, 6) is -0.446. The summed E-state index contributed by atoms with van der Waals surface area (Å²) in [5, 5.41) is 3.15. The lowest BCUT2D eigenvalue weighted by Gasteiger charge is -2.11. The van der Waals surface area contributed by atoms with E-state index in [-0.39, 0.29) is 28.5 Å². The average molecular weight is 327 g/mol. The number of halogens is 2. The minimum absolute atomic E-state index is 0.190. The summed E-state index contributed by atoms with van der Waals surface area (Å²) < 4.78 is 1.18. The number of nitrogen functional groups attached to an aromatic ring is 1. The molecule has 6 nitrogen and oxygen atoms in total. The second kappa shape index (κ2) is 6.15. The molecule has 0 aliphatic rings. The van der Waals surface area contributed by atoms with E-state index < -0.39 is 5.91 Å². The summed E-state index contributed by atoms with van der Waals surface area (Å²) in [7, 11) is 0. The molecule has 0 fully saturated rings. The molecule has 0 radical (unpaired) electrons. The lowest BCUT2D eigenvalue weighted by atomic mass is 10.2. The molecule has 2 rings (SSSR count). The van der Waals surface area contributed by atoms with Crippen molar-refractivity contribution in [2.45, 2.75) is 13.5 Å². The summed E-state index contributed by atoms with van der Waals surface area (Å²) in [6.07, 6.45) is 1.31. The van der Waals surface area contributed by atoms with Gasteiger partial charge in [0.2, 0.25) is 5.91 Å². The third-order valence-corrected chi connectivity index (χ3v) is 3.20. The molecular weight excluding hydrogens is 315 g/mol. The van der Waals surface area contributed by atoms with Crippen molar-refractivity contribution in [2.24, 2.45) is 0 Å². The largest absolute Gasteiger partial charge is 0.397 e. The minimum atomic E-state index is -0.446. The van der Waals surface area contributed by atoms with Gasteiger partial charge in [-0.3, -0.25) is 14.2 Å². The Morgan fingerprint density at radius 2 is 2.10 bits per heavy atom. The summed E-state index contributed by atoms with van der Waals surface area (Å²) in [4.78, 5) is 27.6. The first-order valence-corrected chi connectivity index (χ1v) is 6.70. The molecule has 0 saturated carbocycles. The average Bonchev–Trinajstić information content (AvgIpc) is 2.37. The molecule has 21 heavy (non-hydrogen) atoms. The summed E-state index contributed by atoms with van der Waals surface area (Å²) in [6, 6.07) is 4.29. The number of nitrogens with one attached hydrogen (secondary N) is 1. The quantitative estimate of drug-likeness (QED) is 0.845. The zero-order valence-corrected chi connectivity index (χ0v) is 12.6. The van der Waals surface area contributed by atoms with E-state index in [0.717, 1.165) is 0 Å². The number of nitrogens with zero attached hydrogens (tertiary/aromatic N) is 2. The van der Waals surface area contributed by atoms with Crippen molar-refractivity contribution in [3.05, 3.63) is 50.6 Å². The molecule has 0 spiro atoms. The van der Waals surface area contributed by atoms with Crippen molar-refractivity contribution in [3.63, 3.8) is 0 Å². The number of carbonyl (C=O) groups excluding carboxylic acids is 1. The Kier molecular flexibility index (Phi) is 4.50. The second-order valence-corrected chi connectivity index (χ2v) is 5.24. The van der Waals surface area contributed by atoms with E-state index in [0.29, 0.717) is 10.7 Å². The van der Waals surface area contributed by atoms with Crippen LogP contribution in [-0.4, -0.2) is 15.5 Å². The first-order chi connectivity index (χ1) is 9.86. The van der Waals surface area contributed by atoms with Crippen LogP contribution < -0.4 is 16.6 Å². The van der Waals surface area contributed by atoms with Crippen molar-refractivity contribution < 1.29 is 4.79 Å². The summed E-state index contributed by atoms with van der Waals surface area (Å²) in [5.41, 5.74) is 6.53. The van der Waals surface area contributed by atoms with Gasteiger partial charge < -0.3 is 11.1 Å². The van der Waals surface area contributed by atoms with E-state index in [4.69, 9.17) is 28.9 Å². The molecule has 0 saturated heterocycles. The van der Waals surface area contributed by atoms with Crippen LogP contribution in [0.3, 0.4) is 0 Å². The maximum atomic E-state index is 12.0. The molecule has 3 N–H and O–H groups in total. The van der Waals surface area contributed by atoms with E-state index in [1.165, 1.54) is 29.1 Å². The highest BCUT2D eigenvalue weighted by Gasteiger charge is 2.11. The van der Waals surface area contributed by atoms with Crippen molar-refractivity contribution in [1.29, 1.82) is 0 Å². The van der Waals surface area contributed by atoms with Crippen LogP contribution in [-0.2, 0) is 11.3 Å². The van der Waals surface area contributed by atoms with Gasteiger partial charge in [-0.15, -0.1) is 0 Å². The molecule has 1 aromatic carbocycles. The Hall–Kier alpha value is -2.05. The van der Waals surface area contributed by atoms with Crippen LogP contribution >= 0.6 is 23.2 Å². The van der Waals surface area contributed by atoms with E-state index in [2.05, 4.69) is 10.3 Å². The van der Waals surface area contributed by atoms with Gasteiger partial charge in [0.25, 0.3) is 5.56 Å². The number of hydrogen-bond donors (Lipinski definition) is 2. The van der Waals surface area contributed by atoms with Gasteiger partial charge >= 0.3 is 0 Å². The standard InChI is InChI=1S/C13H12Cl2N4O2/c1-7-2-12(21)19(6-17-7)5-11(20)18-13-9(15)3-8(14)4-10(13)16/h2-4,6H,5,16H2,1H3,(H,18,20). The van der Waals surface area contributed by atoms with Crippen LogP contribution in [0.5, 0.6) is 0 Å². The van der Waals surface area contributed by atoms with Crippen molar-refractivity contribution in [1.82, 2.24) is 9.55 Å². The van der Waals surface area contributed by atoms with Crippen LogP contribution in [0.4, 0.5) is 11.4 Å². The molecule has 1 aromatic heterocycles. The summed E-state index contributed by atoms with van der Waals surface area (Å²) in [6.45, 7) is 1.50. The number of aryl methyl sites for hydroxylation is 1. The van der Waals surface area contributed by atoms with Crippen LogP contribution in [0.25, 0.3) is 0 Å². The predicted octanol–water partition coefficient (Wildman–Crippen LogP) is 2.08. The van der Waals surface area contributed by atoms with Crippen LogP contribution in [0.15, 0.2) is 29.3 Å². The van der Waals surface area contributed by atoms with Crippen LogP contribution in [0.1, 0.15) is 5.69 Å². The van der Waals surface area contributed by atoms with Gasteiger partial charge in [0.15, 0.2) is 0 Å². The number of carbonyl (C=O) groups is 1. The SMILES string of the molecule is Cc1cc(=O)n(CC(=O)Nc2c(N)cc(Cl)cc2Cl)cn1.